The van der Waals surface area contributed by atoms with Gasteiger partial charge in [0.05, 0.1) is 24.6 Å². The third-order valence-corrected chi connectivity index (χ3v) is 15.3. The molecule has 0 radical (unpaired) electrons. The summed E-state index contributed by atoms with van der Waals surface area (Å²) in [4.78, 5) is 79.2. The molecule has 2 fully saturated rings. The van der Waals surface area contributed by atoms with E-state index in [1.54, 1.807) is 31.3 Å². The van der Waals surface area contributed by atoms with Gasteiger partial charge in [-0.3, -0.25) is 29.1 Å². The van der Waals surface area contributed by atoms with Crippen molar-refractivity contribution in [3.05, 3.63) is 123 Å². The smallest absolute Gasteiger partial charge is 0.296 e. The number of aryl methyl sites for hydroxylation is 2. The van der Waals surface area contributed by atoms with Crippen LogP contribution in [0.25, 0.3) is 10.2 Å². The second kappa shape index (κ2) is 21.5. The number of aromatic amines is 1. The monoisotopic (exact) mass is 1000 g/mol. The van der Waals surface area contributed by atoms with E-state index in [9.17, 15) is 24.0 Å². The van der Waals surface area contributed by atoms with Crippen molar-refractivity contribution in [3.63, 3.8) is 0 Å². The number of ether oxygens (including phenoxy) is 2. The number of carbonyl (C=O) groups excluding carboxylic acids is 5. The molecule has 5 atom stereocenters. The van der Waals surface area contributed by atoms with Crippen molar-refractivity contribution in [1.29, 1.82) is 0 Å². The van der Waals surface area contributed by atoms with Gasteiger partial charge < -0.3 is 46.3 Å². The molecule has 10 rings (SSSR count). The van der Waals surface area contributed by atoms with Gasteiger partial charge in [-0.1, -0.05) is 36.3 Å². The molecule has 7 N–H and O–H groups in total. The molecule has 19 heteroatoms. The fraction of sp³-hybridized carbons (Fsp3) is 0.370. The van der Waals surface area contributed by atoms with Crippen LogP contribution in [0.15, 0.2) is 78.9 Å². The second-order valence-electron chi connectivity index (χ2n) is 19.1. The number of pyridine rings is 1. The third kappa shape index (κ3) is 11.0. The van der Waals surface area contributed by atoms with Crippen LogP contribution in [0, 0.1) is 36.5 Å². The van der Waals surface area contributed by atoms with Crippen LogP contribution in [0.1, 0.15) is 73.3 Å². The minimum absolute atomic E-state index is 0.0198. The zero-order valence-corrected chi connectivity index (χ0v) is 41.5. The number of anilines is 3. The maximum Gasteiger partial charge on any atom is 0.296 e. The fourth-order valence-corrected chi connectivity index (χ4v) is 11.5. The van der Waals surface area contributed by atoms with Crippen LogP contribution < -0.4 is 41.5 Å². The molecule has 3 aromatic heterocycles. The topological polar surface area (TPSA) is 239 Å². The number of carbonyl (C=O) groups is 5. The number of piperidine rings is 1. The number of nitrogen functional groups attached to an aromatic ring is 1. The highest BCUT2D eigenvalue weighted by Gasteiger charge is 2.46. The van der Waals surface area contributed by atoms with Crippen LogP contribution in [-0.4, -0.2) is 115 Å². The third-order valence-electron chi connectivity index (χ3n) is 14.2. The standard InChI is InChI=1S/C54H57N11O7S/c1-31-7-19-40-47(55)48(73-53(40)58-31)51(68)59-38-17-15-35-27-39(18-16-34(35)26-38)65-28-36-13-14-37(29-65)46(36)50(67)57-22-24-71-23-21-56-45(66)20-12-32-8-10-33(11-9-32)25-44-61-49(63-62-44)52(69)60-41-30-72-43-6-4-3-5-42(43)64(2)54(41)70/h3-11,16,18-19,27,36-38,41,46H,13-15,17,21-26,28-30,55H2,1-2H3,(H,56,66)(H,57,67)(H,59,68)(H,60,69)(H,61,62,63)/t36-,37+,38-,41-,46?/m0/s1. The first-order valence-corrected chi connectivity index (χ1v) is 25.5. The van der Waals surface area contributed by atoms with E-state index >= 15 is 0 Å². The first kappa shape index (κ1) is 48.8. The van der Waals surface area contributed by atoms with Gasteiger partial charge in [-0.2, -0.15) is 0 Å². The lowest BCUT2D eigenvalue weighted by atomic mass is 9.83. The molecule has 2 aliphatic heterocycles. The van der Waals surface area contributed by atoms with E-state index in [1.807, 2.05) is 43.3 Å². The molecule has 376 valence electrons. The normalized spacial score (nSPS) is 19.9. The van der Waals surface area contributed by atoms with E-state index in [0.717, 1.165) is 66.7 Å². The molecule has 1 saturated carbocycles. The quantitative estimate of drug-likeness (QED) is 0.0669. The number of rotatable bonds is 14. The average Bonchev–Trinajstić information content (AvgIpc) is 4.06. The average molecular weight is 1000 g/mol. The highest BCUT2D eigenvalue weighted by molar-refractivity contribution is 7.21. The number of hydrogen-bond donors (Lipinski definition) is 6. The Bertz CT molecular complexity index is 3130. The van der Waals surface area contributed by atoms with Crippen molar-refractivity contribution in [2.45, 2.75) is 57.5 Å². The van der Waals surface area contributed by atoms with E-state index in [2.05, 4.69) is 76.4 Å². The summed E-state index contributed by atoms with van der Waals surface area (Å²) in [6.45, 7) is 4.86. The Morgan fingerprint density at radius 2 is 1.68 bits per heavy atom. The van der Waals surface area contributed by atoms with Gasteiger partial charge in [-0.15, -0.1) is 16.4 Å². The number of likely N-dealkylation sites (N-methyl/N-ethyl adjacent to an activating group) is 1. The Balaban J connectivity index is 0.603. The molecule has 5 amide bonds. The van der Waals surface area contributed by atoms with Crippen LogP contribution in [0.2, 0.25) is 0 Å². The van der Waals surface area contributed by atoms with Gasteiger partial charge in [0.15, 0.2) is 0 Å². The van der Waals surface area contributed by atoms with Crippen molar-refractivity contribution in [1.82, 2.24) is 41.4 Å². The van der Waals surface area contributed by atoms with Gasteiger partial charge in [-0.05, 0) is 116 Å². The van der Waals surface area contributed by atoms with Gasteiger partial charge in [-0.25, -0.2) is 9.97 Å². The minimum Gasteiger partial charge on any atom is -0.489 e. The first-order chi connectivity index (χ1) is 35.4. The fourth-order valence-electron chi connectivity index (χ4n) is 10.5. The lowest BCUT2D eigenvalue weighted by Gasteiger charge is -2.39. The summed E-state index contributed by atoms with van der Waals surface area (Å²) < 4.78 is 11.5. The van der Waals surface area contributed by atoms with Crippen LogP contribution in [0.3, 0.4) is 0 Å². The maximum absolute atomic E-state index is 13.4. The first-order valence-electron chi connectivity index (χ1n) is 24.7. The van der Waals surface area contributed by atoms with Crippen molar-refractivity contribution in [2.24, 2.45) is 17.8 Å². The van der Waals surface area contributed by atoms with Crippen LogP contribution >= 0.6 is 11.3 Å². The molecule has 0 spiro atoms. The Morgan fingerprint density at radius 3 is 2.49 bits per heavy atom. The lowest BCUT2D eigenvalue weighted by molar-refractivity contribution is -0.128. The number of nitrogens with zero attached hydrogens (tertiary/aromatic N) is 5. The van der Waals surface area contributed by atoms with Gasteiger partial charge in [0.25, 0.3) is 23.6 Å². The lowest BCUT2D eigenvalue weighted by Crippen LogP contribution is -2.49. The highest BCUT2D eigenvalue weighted by atomic mass is 32.1. The summed E-state index contributed by atoms with van der Waals surface area (Å²) in [6.07, 6.45) is 4.92. The molecule has 1 saturated heterocycles. The Morgan fingerprint density at radius 1 is 0.904 bits per heavy atom. The summed E-state index contributed by atoms with van der Waals surface area (Å²) in [7, 11) is 1.63. The second-order valence-corrected chi connectivity index (χ2v) is 20.1. The highest BCUT2D eigenvalue weighted by Crippen LogP contribution is 2.44. The number of para-hydroxylation sites is 2. The zero-order valence-electron chi connectivity index (χ0n) is 40.7. The van der Waals surface area contributed by atoms with Gasteiger partial charge in [0.1, 0.15) is 33.9 Å². The van der Waals surface area contributed by atoms with Crippen molar-refractivity contribution >= 4 is 68.2 Å². The van der Waals surface area contributed by atoms with E-state index in [4.69, 9.17) is 15.2 Å². The number of nitrogens with one attached hydrogen (secondary N) is 5. The molecule has 5 heterocycles. The van der Waals surface area contributed by atoms with Crippen LogP contribution in [-0.2, 0) is 38.4 Å². The van der Waals surface area contributed by atoms with Gasteiger partial charge in [0, 0.05) is 79.9 Å². The van der Waals surface area contributed by atoms with E-state index in [0.29, 0.717) is 53.0 Å². The number of thiophene rings is 1. The molecule has 2 aliphatic carbocycles. The molecule has 73 heavy (non-hydrogen) atoms. The number of benzene rings is 3. The van der Waals surface area contributed by atoms with Crippen molar-refractivity contribution in [3.8, 4) is 17.6 Å². The Kier molecular flexibility index (Phi) is 14.4. The predicted octanol–water partition coefficient (Wildman–Crippen LogP) is 4.10. The number of aromatic nitrogens is 4. The number of nitrogens with two attached hydrogens (primary N) is 1. The zero-order chi connectivity index (χ0) is 50.6. The molecular weight excluding hydrogens is 947 g/mol. The summed E-state index contributed by atoms with van der Waals surface area (Å²) in [5.74, 6) is 5.52. The largest absolute Gasteiger partial charge is 0.489 e. The number of fused-ring (bicyclic) bond motifs is 5. The number of amides is 5. The number of H-pyrrole nitrogens is 1. The summed E-state index contributed by atoms with van der Waals surface area (Å²) >= 11 is 1.34. The SMILES string of the molecule is Cc1ccc2c(N)c(C(=O)N[C@H]3CCc4cc(N5C[C@H]6CC[C@@H](C5)C6C(=O)NCCOCCNC(=O)C#Cc5ccc(Cc6nc(C(=O)N[C@H]7COc8ccccc8N(C)C7=O)n[nH]6)cc5)ccc4C3)sc2n1. The van der Waals surface area contributed by atoms with E-state index in [-0.39, 0.29) is 67.1 Å². The van der Waals surface area contributed by atoms with Crippen molar-refractivity contribution < 1.29 is 33.4 Å². The summed E-state index contributed by atoms with van der Waals surface area (Å²) in [6, 6.07) is 24.1. The molecule has 18 nitrogen and oxygen atoms in total. The molecule has 1 unspecified atom stereocenters. The van der Waals surface area contributed by atoms with Gasteiger partial charge in [0.2, 0.25) is 11.7 Å². The molecule has 4 aliphatic rings. The van der Waals surface area contributed by atoms with Crippen molar-refractivity contribution in [2.75, 3.05) is 68.6 Å². The van der Waals surface area contributed by atoms with Gasteiger partial charge >= 0.3 is 0 Å². The molecule has 6 aromatic rings. The molecular formula is C54H57N11O7S. The predicted molar refractivity (Wildman–Crippen MR) is 276 cm³/mol. The van der Waals surface area contributed by atoms with Crippen LogP contribution in [0.5, 0.6) is 5.75 Å². The molecule has 3 aromatic carbocycles. The Labute approximate surface area is 426 Å². The van der Waals surface area contributed by atoms with Crippen LogP contribution in [0.4, 0.5) is 17.1 Å². The number of hydrogen-bond acceptors (Lipinski definition) is 13. The minimum atomic E-state index is -0.918. The summed E-state index contributed by atoms with van der Waals surface area (Å²) in [5, 5.41) is 19.4. The maximum atomic E-state index is 13.4. The molecule has 2 bridgehead atoms. The summed E-state index contributed by atoms with van der Waals surface area (Å²) in [5.41, 5.74) is 13.7. The van der Waals surface area contributed by atoms with E-state index in [1.165, 1.54) is 33.1 Å². The van der Waals surface area contributed by atoms with E-state index < -0.39 is 17.9 Å². The Hall–Kier alpha value is -7.82.